The number of furan rings is 1. The van der Waals surface area contributed by atoms with Crippen LogP contribution in [0.3, 0.4) is 0 Å². The van der Waals surface area contributed by atoms with Crippen LogP contribution in [-0.4, -0.2) is 17.5 Å². The lowest BCUT2D eigenvalue weighted by molar-refractivity contribution is -0.112. The Labute approximate surface area is 197 Å². The zero-order valence-electron chi connectivity index (χ0n) is 16.8. The molecule has 0 aliphatic rings. The largest absolute Gasteiger partial charge is 0.494 e. The standard InChI is InChI=1S/C23H16ClN3O3S2/c1-2-29-16-5-9-19-20(12-16)32-23(26-19)27-22(28)14(13-25)11-17-6-10-21(30-17)31-18-7-3-15(24)4-8-18/h3-12H,2H2,1H3,(H,26,27,28)/b14-11+. The van der Waals surface area contributed by atoms with Gasteiger partial charge in [0.05, 0.1) is 16.8 Å². The van der Waals surface area contributed by atoms with Gasteiger partial charge in [0.2, 0.25) is 0 Å². The van der Waals surface area contributed by atoms with Gasteiger partial charge in [-0.3, -0.25) is 10.1 Å². The van der Waals surface area contributed by atoms with Crippen molar-refractivity contribution in [1.29, 1.82) is 5.26 Å². The third-order valence-corrected chi connectivity index (χ3v) is 6.29. The summed E-state index contributed by atoms with van der Waals surface area (Å²) in [7, 11) is 0. The summed E-state index contributed by atoms with van der Waals surface area (Å²) in [5.41, 5.74) is 0.655. The minimum Gasteiger partial charge on any atom is -0.494 e. The highest BCUT2D eigenvalue weighted by atomic mass is 35.5. The number of ether oxygens (including phenoxy) is 1. The zero-order valence-corrected chi connectivity index (χ0v) is 19.2. The molecule has 2 aromatic heterocycles. The number of carbonyl (C=O) groups is 1. The predicted molar refractivity (Wildman–Crippen MR) is 127 cm³/mol. The molecule has 9 heteroatoms. The van der Waals surface area contributed by atoms with E-state index in [2.05, 4.69) is 10.3 Å². The lowest BCUT2D eigenvalue weighted by Crippen LogP contribution is -2.13. The number of anilines is 1. The Morgan fingerprint density at radius 2 is 2.09 bits per heavy atom. The molecule has 4 rings (SSSR count). The van der Waals surface area contributed by atoms with Gasteiger partial charge in [-0.25, -0.2) is 4.98 Å². The van der Waals surface area contributed by atoms with Crippen molar-refractivity contribution in [2.75, 3.05) is 11.9 Å². The molecule has 0 aliphatic carbocycles. The molecular weight excluding hydrogens is 466 g/mol. The van der Waals surface area contributed by atoms with E-state index in [1.165, 1.54) is 29.2 Å². The van der Waals surface area contributed by atoms with Crippen LogP contribution in [-0.2, 0) is 4.79 Å². The first kappa shape index (κ1) is 22.0. The van der Waals surface area contributed by atoms with Gasteiger partial charge in [-0.2, -0.15) is 5.26 Å². The lowest BCUT2D eigenvalue weighted by atomic mass is 10.2. The number of aromatic nitrogens is 1. The summed E-state index contributed by atoms with van der Waals surface area (Å²) in [6.45, 7) is 2.48. The highest BCUT2D eigenvalue weighted by Crippen LogP contribution is 2.31. The van der Waals surface area contributed by atoms with Crippen molar-refractivity contribution in [1.82, 2.24) is 4.98 Å². The SMILES string of the molecule is CCOc1ccc2nc(NC(=O)/C(C#N)=C/c3ccc(Sc4ccc(Cl)cc4)o3)sc2c1. The van der Waals surface area contributed by atoms with E-state index in [0.717, 1.165) is 20.9 Å². The first-order valence-corrected chi connectivity index (χ1v) is 11.5. The maximum Gasteiger partial charge on any atom is 0.268 e. The normalized spacial score (nSPS) is 11.3. The number of fused-ring (bicyclic) bond motifs is 1. The van der Waals surface area contributed by atoms with Crippen molar-refractivity contribution in [2.24, 2.45) is 0 Å². The van der Waals surface area contributed by atoms with Gasteiger partial charge in [0.15, 0.2) is 10.2 Å². The second kappa shape index (κ2) is 9.92. The molecule has 0 atom stereocenters. The molecule has 0 unspecified atom stereocenters. The average Bonchev–Trinajstić information content (AvgIpc) is 3.39. The monoisotopic (exact) mass is 481 g/mol. The molecule has 4 aromatic rings. The Bertz CT molecular complexity index is 1340. The number of halogens is 1. The molecule has 2 heterocycles. The predicted octanol–water partition coefficient (Wildman–Crippen LogP) is 6.64. The number of thiazole rings is 1. The van der Waals surface area contributed by atoms with Crippen molar-refractivity contribution < 1.29 is 13.9 Å². The first-order valence-electron chi connectivity index (χ1n) is 9.54. The van der Waals surface area contributed by atoms with Gasteiger partial charge in [-0.05, 0) is 61.5 Å². The van der Waals surface area contributed by atoms with E-state index in [9.17, 15) is 10.1 Å². The smallest absolute Gasteiger partial charge is 0.268 e. The summed E-state index contributed by atoms with van der Waals surface area (Å²) in [6, 6.07) is 18.3. The zero-order chi connectivity index (χ0) is 22.5. The Hall–Kier alpha value is -3.25. The quantitative estimate of drug-likeness (QED) is 0.235. The molecular formula is C23H16ClN3O3S2. The van der Waals surface area contributed by atoms with Crippen LogP contribution in [0.15, 0.2) is 74.6 Å². The van der Waals surface area contributed by atoms with Crippen molar-refractivity contribution in [3.63, 3.8) is 0 Å². The molecule has 32 heavy (non-hydrogen) atoms. The van der Waals surface area contributed by atoms with Gasteiger partial charge in [-0.1, -0.05) is 34.7 Å². The van der Waals surface area contributed by atoms with Crippen molar-refractivity contribution in [3.8, 4) is 11.8 Å². The highest BCUT2D eigenvalue weighted by Gasteiger charge is 2.14. The Balaban J connectivity index is 1.47. The summed E-state index contributed by atoms with van der Waals surface area (Å²) in [5, 5.41) is 13.8. The summed E-state index contributed by atoms with van der Waals surface area (Å²) in [4.78, 5) is 18.0. The van der Waals surface area contributed by atoms with Crippen molar-refractivity contribution >= 4 is 62.0 Å². The lowest BCUT2D eigenvalue weighted by Gasteiger charge is -2.00. The maximum atomic E-state index is 12.6. The first-order chi connectivity index (χ1) is 15.5. The van der Waals surface area contributed by atoms with Gasteiger partial charge in [-0.15, -0.1) is 0 Å². The summed E-state index contributed by atoms with van der Waals surface area (Å²) in [5.74, 6) is 0.586. The van der Waals surface area contributed by atoms with Crippen molar-refractivity contribution in [2.45, 2.75) is 16.9 Å². The van der Waals surface area contributed by atoms with Crippen LogP contribution in [0.25, 0.3) is 16.3 Å². The molecule has 0 bridgehead atoms. The third kappa shape index (κ3) is 5.32. The molecule has 0 saturated heterocycles. The number of rotatable bonds is 7. The maximum absolute atomic E-state index is 12.6. The van der Waals surface area contributed by atoms with Gasteiger partial charge in [0.25, 0.3) is 5.91 Å². The number of hydrogen-bond donors (Lipinski definition) is 1. The summed E-state index contributed by atoms with van der Waals surface area (Å²) >= 11 is 8.63. The minimum absolute atomic E-state index is 0.0864. The number of amides is 1. The van der Waals surface area contributed by atoms with Gasteiger partial charge < -0.3 is 9.15 Å². The fourth-order valence-electron chi connectivity index (χ4n) is 2.76. The van der Waals surface area contributed by atoms with Crippen LogP contribution in [0.1, 0.15) is 12.7 Å². The van der Waals surface area contributed by atoms with E-state index in [1.807, 2.05) is 43.3 Å². The van der Waals surface area contributed by atoms with Crippen LogP contribution in [0, 0.1) is 11.3 Å². The van der Waals surface area contributed by atoms with E-state index in [-0.39, 0.29) is 5.57 Å². The molecule has 2 aromatic carbocycles. The number of nitrogens with one attached hydrogen (secondary N) is 1. The van der Waals surface area contributed by atoms with Crippen LogP contribution < -0.4 is 10.1 Å². The fourth-order valence-corrected chi connectivity index (χ4v) is 4.55. The molecule has 0 fully saturated rings. The number of carbonyl (C=O) groups excluding carboxylic acids is 1. The van der Waals surface area contributed by atoms with Crippen molar-refractivity contribution in [3.05, 3.63) is 71.0 Å². The Kier molecular flexibility index (Phi) is 6.81. The molecule has 0 aliphatic heterocycles. The molecule has 1 amide bonds. The van der Waals surface area contributed by atoms with Gasteiger partial charge in [0.1, 0.15) is 23.2 Å². The Morgan fingerprint density at radius 3 is 2.84 bits per heavy atom. The molecule has 0 radical (unpaired) electrons. The summed E-state index contributed by atoms with van der Waals surface area (Å²) in [6.07, 6.45) is 1.40. The third-order valence-electron chi connectivity index (χ3n) is 4.18. The Morgan fingerprint density at radius 1 is 1.28 bits per heavy atom. The van der Waals surface area contributed by atoms with E-state index < -0.39 is 5.91 Å². The summed E-state index contributed by atoms with van der Waals surface area (Å²) < 4.78 is 12.1. The number of benzene rings is 2. The van der Waals surface area contributed by atoms with E-state index in [0.29, 0.717) is 27.6 Å². The number of nitrogens with zero attached hydrogens (tertiary/aromatic N) is 2. The minimum atomic E-state index is -0.556. The van der Waals surface area contributed by atoms with E-state index in [4.69, 9.17) is 20.8 Å². The fraction of sp³-hybridized carbons (Fsp3) is 0.0870. The molecule has 0 spiro atoms. The number of nitriles is 1. The molecule has 160 valence electrons. The highest BCUT2D eigenvalue weighted by molar-refractivity contribution is 7.99. The van der Waals surface area contributed by atoms with Crippen LogP contribution in [0.5, 0.6) is 5.75 Å². The second-order valence-corrected chi connectivity index (χ2v) is 8.96. The number of hydrogen-bond acceptors (Lipinski definition) is 7. The van der Waals surface area contributed by atoms with Gasteiger partial charge >= 0.3 is 0 Å². The average molecular weight is 482 g/mol. The molecule has 0 saturated carbocycles. The van der Waals surface area contributed by atoms with Crippen LogP contribution in [0.4, 0.5) is 5.13 Å². The van der Waals surface area contributed by atoms with E-state index >= 15 is 0 Å². The molecule has 6 nitrogen and oxygen atoms in total. The van der Waals surface area contributed by atoms with Gasteiger partial charge in [0, 0.05) is 16.0 Å². The van der Waals surface area contributed by atoms with Crippen LogP contribution >= 0.6 is 34.7 Å². The van der Waals surface area contributed by atoms with Crippen LogP contribution in [0.2, 0.25) is 5.02 Å². The van der Waals surface area contributed by atoms with E-state index in [1.54, 1.807) is 24.3 Å². The molecule has 1 N–H and O–H groups in total. The second-order valence-electron chi connectivity index (χ2n) is 6.42. The topological polar surface area (TPSA) is 88.1 Å².